The molecule has 0 fully saturated rings. The van der Waals surface area contributed by atoms with Crippen LogP contribution in [-0.4, -0.2) is 17.6 Å². The first kappa shape index (κ1) is 13.3. The summed E-state index contributed by atoms with van der Waals surface area (Å²) in [5, 5.41) is 3.63. The molecule has 2 nitrogen and oxygen atoms in total. The van der Waals surface area contributed by atoms with Crippen LogP contribution in [0, 0.1) is 0 Å². The third-order valence-corrected chi connectivity index (χ3v) is 3.64. The average molecular weight is 244 g/mol. The quantitative estimate of drug-likeness (QED) is 0.802. The molecule has 0 amide bonds. The molecule has 0 saturated heterocycles. The Labute approximate surface area is 111 Å². The first-order valence-electron chi connectivity index (χ1n) is 7.21. The first-order chi connectivity index (χ1) is 8.90. The molecule has 18 heavy (non-hydrogen) atoms. The fraction of sp³-hybridized carbons (Fsp3) is 0.562. The monoisotopic (exact) mass is 244 g/mol. The van der Waals surface area contributed by atoms with Gasteiger partial charge in [-0.25, -0.2) is 0 Å². The molecule has 1 heterocycles. The van der Waals surface area contributed by atoms with Gasteiger partial charge in [-0.1, -0.05) is 31.1 Å². The SMILES string of the molecule is CCNC(Cc1cccnc1)C1=CCCCCC1. The highest BCUT2D eigenvalue weighted by Gasteiger charge is 2.15. The van der Waals surface area contributed by atoms with E-state index in [2.05, 4.69) is 29.4 Å². The van der Waals surface area contributed by atoms with Crippen molar-refractivity contribution in [2.24, 2.45) is 0 Å². The van der Waals surface area contributed by atoms with E-state index >= 15 is 0 Å². The van der Waals surface area contributed by atoms with Gasteiger partial charge >= 0.3 is 0 Å². The number of hydrogen-bond donors (Lipinski definition) is 1. The number of nitrogens with zero attached hydrogens (tertiary/aromatic N) is 1. The molecule has 1 N–H and O–H groups in total. The Balaban J connectivity index is 2.05. The molecule has 0 bridgehead atoms. The first-order valence-corrected chi connectivity index (χ1v) is 7.21. The Morgan fingerprint density at radius 1 is 1.33 bits per heavy atom. The summed E-state index contributed by atoms with van der Waals surface area (Å²) in [7, 11) is 0. The van der Waals surface area contributed by atoms with Gasteiger partial charge in [-0.15, -0.1) is 0 Å². The van der Waals surface area contributed by atoms with Crippen LogP contribution < -0.4 is 5.32 Å². The summed E-state index contributed by atoms with van der Waals surface area (Å²) < 4.78 is 0. The molecular weight excluding hydrogens is 220 g/mol. The summed E-state index contributed by atoms with van der Waals surface area (Å²) in [5.41, 5.74) is 2.94. The van der Waals surface area contributed by atoms with Gasteiger partial charge in [-0.05, 0) is 50.3 Å². The van der Waals surface area contributed by atoms with Gasteiger partial charge in [0.1, 0.15) is 0 Å². The fourth-order valence-corrected chi connectivity index (χ4v) is 2.69. The van der Waals surface area contributed by atoms with Crippen molar-refractivity contribution in [3.8, 4) is 0 Å². The van der Waals surface area contributed by atoms with E-state index < -0.39 is 0 Å². The summed E-state index contributed by atoms with van der Waals surface area (Å²) in [6, 6.07) is 4.70. The molecular formula is C16H24N2. The maximum atomic E-state index is 4.21. The van der Waals surface area contributed by atoms with Crippen molar-refractivity contribution in [2.75, 3.05) is 6.54 Å². The smallest absolute Gasteiger partial charge is 0.0320 e. The van der Waals surface area contributed by atoms with Gasteiger partial charge in [0, 0.05) is 18.4 Å². The highest BCUT2D eigenvalue weighted by Crippen LogP contribution is 2.21. The topological polar surface area (TPSA) is 24.9 Å². The van der Waals surface area contributed by atoms with Crippen molar-refractivity contribution in [3.05, 3.63) is 41.7 Å². The number of hydrogen-bond acceptors (Lipinski definition) is 2. The van der Waals surface area contributed by atoms with E-state index in [0.717, 1.165) is 13.0 Å². The van der Waals surface area contributed by atoms with Gasteiger partial charge in [-0.2, -0.15) is 0 Å². The predicted molar refractivity (Wildman–Crippen MR) is 76.6 cm³/mol. The predicted octanol–water partition coefficient (Wildman–Crippen LogP) is 3.49. The molecule has 1 aliphatic carbocycles. The minimum atomic E-state index is 0.497. The minimum absolute atomic E-state index is 0.497. The van der Waals surface area contributed by atoms with E-state index in [1.165, 1.54) is 37.7 Å². The van der Waals surface area contributed by atoms with E-state index in [1.807, 2.05) is 18.5 Å². The Bertz CT molecular complexity index is 370. The molecule has 1 unspecified atom stereocenters. The molecule has 1 aromatic rings. The van der Waals surface area contributed by atoms with Crippen LogP contribution in [0.2, 0.25) is 0 Å². The van der Waals surface area contributed by atoms with E-state index in [0.29, 0.717) is 6.04 Å². The van der Waals surface area contributed by atoms with Crippen molar-refractivity contribution in [3.63, 3.8) is 0 Å². The van der Waals surface area contributed by atoms with Crippen LogP contribution in [0.1, 0.15) is 44.6 Å². The molecule has 1 aliphatic rings. The van der Waals surface area contributed by atoms with Gasteiger partial charge in [-0.3, -0.25) is 4.98 Å². The lowest BCUT2D eigenvalue weighted by Crippen LogP contribution is -2.33. The second kappa shape index (κ2) is 7.32. The number of pyridine rings is 1. The second-order valence-corrected chi connectivity index (χ2v) is 5.05. The molecule has 2 heteroatoms. The lowest BCUT2D eigenvalue weighted by atomic mass is 9.96. The molecule has 2 rings (SSSR count). The van der Waals surface area contributed by atoms with Gasteiger partial charge in [0.15, 0.2) is 0 Å². The normalized spacial score (nSPS) is 17.9. The largest absolute Gasteiger partial charge is 0.310 e. The Morgan fingerprint density at radius 2 is 2.28 bits per heavy atom. The van der Waals surface area contributed by atoms with Crippen molar-refractivity contribution in [2.45, 2.75) is 51.5 Å². The zero-order chi connectivity index (χ0) is 12.6. The minimum Gasteiger partial charge on any atom is -0.310 e. The van der Waals surface area contributed by atoms with Gasteiger partial charge in [0.2, 0.25) is 0 Å². The van der Waals surface area contributed by atoms with E-state index in [9.17, 15) is 0 Å². The van der Waals surface area contributed by atoms with E-state index in [1.54, 1.807) is 5.57 Å². The molecule has 1 atom stereocenters. The third kappa shape index (κ3) is 3.95. The van der Waals surface area contributed by atoms with Crippen LogP contribution in [-0.2, 0) is 6.42 Å². The van der Waals surface area contributed by atoms with Crippen LogP contribution in [0.5, 0.6) is 0 Å². The third-order valence-electron chi connectivity index (χ3n) is 3.64. The van der Waals surface area contributed by atoms with E-state index in [-0.39, 0.29) is 0 Å². The van der Waals surface area contributed by atoms with Crippen LogP contribution in [0.25, 0.3) is 0 Å². The Hall–Kier alpha value is -1.15. The lowest BCUT2D eigenvalue weighted by molar-refractivity contribution is 0.561. The van der Waals surface area contributed by atoms with Crippen LogP contribution in [0.15, 0.2) is 36.2 Å². The van der Waals surface area contributed by atoms with Crippen molar-refractivity contribution >= 4 is 0 Å². The molecule has 0 radical (unpaired) electrons. The average Bonchev–Trinajstić information content (AvgIpc) is 2.68. The number of rotatable bonds is 5. The summed E-state index contributed by atoms with van der Waals surface area (Å²) in [4.78, 5) is 4.21. The summed E-state index contributed by atoms with van der Waals surface area (Å²) >= 11 is 0. The molecule has 1 aromatic heterocycles. The number of allylic oxidation sites excluding steroid dienone is 1. The lowest BCUT2D eigenvalue weighted by Gasteiger charge is -2.21. The number of likely N-dealkylation sites (N-methyl/N-ethyl adjacent to an activating group) is 1. The Morgan fingerprint density at radius 3 is 3.06 bits per heavy atom. The molecule has 0 aliphatic heterocycles. The van der Waals surface area contributed by atoms with Crippen molar-refractivity contribution in [1.82, 2.24) is 10.3 Å². The standard InChI is InChI=1S/C16H24N2/c1-2-18-16(12-14-8-7-11-17-13-14)15-9-5-3-4-6-10-15/h7-9,11,13,16,18H,2-6,10,12H2,1H3. The number of aromatic nitrogens is 1. The second-order valence-electron chi connectivity index (χ2n) is 5.05. The van der Waals surface area contributed by atoms with Crippen LogP contribution in [0.4, 0.5) is 0 Å². The van der Waals surface area contributed by atoms with Gasteiger partial charge in [0.05, 0.1) is 0 Å². The van der Waals surface area contributed by atoms with Crippen LogP contribution >= 0.6 is 0 Å². The van der Waals surface area contributed by atoms with Crippen molar-refractivity contribution < 1.29 is 0 Å². The highest BCUT2D eigenvalue weighted by atomic mass is 14.9. The molecule has 0 aromatic carbocycles. The molecule has 0 spiro atoms. The molecule has 98 valence electrons. The summed E-state index contributed by atoms with van der Waals surface area (Å²) in [6.07, 6.45) is 14.0. The number of nitrogens with one attached hydrogen (secondary N) is 1. The zero-order valence-corrected chi connectivity index (χ0v) is 11.4. The highest BCUT2D eigenvalue weighted by molar-refractivity contribution is 5.19. The maximum Gasteiger partial charge on any atom is 0.0320 e. The maximum absolute atomic E-state index is 4.21. The van der Waals surface area contributed by atoms with Crippen molar-refractivity contribution in [1.29, 1.82) is 0 Å². The van der Waals surface area contributed by atoms with Gasteiger partial charge < -0.3 is 5.32 Å². The van der Waals surface area contributed by atoms with Gasteiger partial charge in [0.25, 0.3) is 0 Å². The summed E-state index contributed by atoms with van der Waals surface area (Å²) in [5.74, 6) is 0. The zero-order valence-electron chi connectivity index (χ0n) is 11.4. The van der Waals surface area contributed by atoms with Crippen LogP contribution in [0.3, 0.4) is 0 Å². The fourth-order valence-electron chi connectivity index (χ4n) is 2.69. The summed E-state index contributed by atoms with van der Waals surface area (Å²) in [6.45, 7) is 3.22. The molecule has 0 saturated carbocycles. The Kier molecular flexibility index (Phi) is 5.40. The van der Waals surface area contributed by atoms with E-state index in [4.69, 9.17) is 0 Å².